The first-order chi connectivity index (χ1) is 14.0. The van der Waals surface area contributed by atoms with E-state index in [9.17, 15) is 9.59 Å². The number of anilines is 2. The van der Waals surface area contributed by atoms with Crippen LogP contribution in [0.3, 0.4) is 0 Å². The highest BCUT2D eigenvalue weighted by Crippen LogP contribution is 2.30. The highest BCUT2D eigenvalue weighted by Gasteiger charge is 2.26. The Labute approximate surface area is 174 Å². The van der Waals surface area contributed by atoms with E-state index in [2.05, 4.69) is 15.3 Å². The molecule has 2 aromatic rings. The van der Waals surface area contributed by atoms with Gasteiger partial charge < -0.3 is 15.5 Å². The number of nitrogen functional groups attached to an aromatic ring is 1. The minimum absolute atomic E-state index is 0.00752. The molecule has 2 fully saturated rings. The molecule has 0 aliphatic carbocycles. The number of nitrogens with zero attached hydrogens (tertiary/aromatic N) is 4. The van der Waals surface area contributed by atoms with Gasteiger partial charge in [-0.1, -0.05) is 18.0 Å². The van der Waals surface area contributed by atoms with Crippen LogP contribution in [-0.2, 0) is 4.79 Å². The SMILES string of the molecule is Nc1cc(N2CCN(C(=O)NN3CCCCCC3=O)CC2)c2ccc(Cl)cc2n1. The summed E-state index contributed by atoms with van der Waals surface area (Å²) in [6.45, 7) is 3.04. The lowest BCUT2D eigenvalue weighted by molar-refractivity contribution is -0.133. The number of pyridine rings is 1. The third-order valence-electron chi connectivity index (χ3n) is 5.48. The molecular weight excluding hydrogens is 392 g/mol. The standard InChI is InChI=1S/C20H25ClN6O2/c21-14-5-6-15-16(12-14)23-18(22)13-17(15)25-8-10-26(11-9-25)20(29)24-27-7-3-1-2-4-19(27)28/h5-6,12-13H,1-4,7-11H2,(H2,22,23)(H,24,29). The van der Waals surface area contributed by atoms with Gasteiger partial charge >= 0.3 is 6.03 Å². The van der Waals surface area contributed by atoms with E-state index in [1.54, 1.807) is 11.0 Å². The van der Waals surface area contributed by atoms with Crippen LogP contribution in [-0.4, -0.2) is 59.6 Å². The maximum Gasteiger partial charge on any atom is 0.336 e. The van der Waals surface area contributed by atoms with Gasteiger partial charge in [0.1, 0.15) is 5.82 Å². The first-order valence-corrected chi connectivity index (χ1v) is 10.4. The number of carbonyl (C=O) groups is 2. The number of nitrogens with two attached hydrogens (primary N) is 1. The van der Waals surface area contributed by atoms with Crippen LogP contribution in [0.15, 0.2) is 24.3 Å². The van der Waals surface area contributed by atoms with Crippen LogP contribution < -0.4 is 16.1 Å². The summed E-state index contributed by atoms with van der Waals surface area (Å²) in [5.41, 5.74) is 10.5. The Morgan fingerprint density at radius 3 is 2.66 bits per heavy atom. The van der Waals surface area contributed by atoms with E-state index in [1.165, 1.54) is 5.01 Å². The largest absolute Gasteiger partial charge is 0.384 e. The molecule has 0 atom stereocenters. The molecule has 3 amide bonds. The Morgan fingerprint density at radius 1 is 1.07 bits per heavy atom. The van der Waals surface area contributed by atoms with Gasteiger partial charge in [-0.05, 0) is 31.0 Å². The molecule has 0 saturated carbocycles. The van der Waals surface area contributed by atoms with Crippen LogP contribution in [0, 0.1) is 0 Å². The number of piperazine rings is 1. The highest BCUT2D eigenvalue weighted by molar-refractivity contribution is 6.31. The minimum atomic E-state index is -0.217. The number of halogens is 1. The van der Waals surface area contributed by atoms with Crippen molar-refractivity contribution in [3.8, 4) is 0 Å². The third kappa shape index (κ3) is 4.32. The van der Waals surface area contributed by atoms with E-state index in [1.807, 2.05) is 18.2 Å². The molecule has 0 radical (unpaired) electrons. The second kappa shape index (κ2) is 8.32. The topological polar surface area (TPSA) is 94.8 Å². The van der Waals surface area contributed by atoms with E-state index in [0.717, 1.165) is 35.9 Å². The van der Waals surface area contributed by atoms with E-state index in [4.69, 9.17) is 17.3 Å². The number of benzene rings is 1. The fraction of sp³-hybridized carbons (Fsp3) is 0.450. The van der Waals surface area contributed by atoms with Crippen LogP contribution in [0.25, 0.3) is 10.9 Å². The fourth-order valence-electron chi connectivity index (χ4n) is 3.90. The van der Waals surface area contributed by atoms with E-state index < -0.39 is 0 Å². The molecule has 3 N–H and O–H groups in total. The lowest BCUT2D eigenvalue weighted by Crippen LogP contribution is -2.56. The molecule has 29 heavy (non-hydrogen) atoms. The Hall–Kier alpha value is -2.74. The number of aromatic nitrogens is 1. The number of hydrogen-bond acceptors (Lipinski definition) is 5. The maximum absolute atomic E-state index is 12.6. The monoisotopic (exact) mass is 416 g/mol. The van der Waals surface area contributed by atoms with Gasteiger partial charge in [0.15, 0.2) is 0 Å². The van der Waals surface area contributed by atoms with Crippen molar-refractivity contribution in [2.45, 2.75) is 25.7 Å². The smallest absolute Gasteiger partial charge is 0.336 e. The predicted octanol–water partition coefficient (Wildman–Crippen LogP) is 2.62. The Bertz CT molecular complexity index is 923. The molecule has 2 aliphatic rings. The molecule has 2 aliphatic heterocycles. The Kier molecular flexibility index (Phi) is 5.62. The van der Waals surface area contributed by atoms with E-state index >= 15 is 0 Å². The van der Waals surface area contributed by atoms with Gasteiger partial charge in [-0.2, -0.15) is 0 Å². The van der Waals surface area contributed by atoms with Crippen LogP contribution >= 0.6 is 11.6 Å². The molecule has 1 aromatic carbocycles. The Morgan fingerprint density at radius 2 is 1.86 bits per heavy atom. The normalized spacial score (nSPS) is 18.1. The van der Waals surface area contributed by atoms with Crippen molar-refractivity contribution in [3.63, 3.8) is 0 Å². The molecule has 9 heteroatoms. The predicted molar refractivity (Wildman–Crippen MR) is 114 cm³/mol. The number of nitrogens with one attached hydrogen (secondary N) is 1. The quantitative estimate of drug-likeness (QED) is 0.784. The van der Waals surface area contributed by atoms with Crippen LogP contribution in [0.2, 0.25) is 5.02 Å². The number of rotatable bonds is 2. The van der Waals surface area contributed by atoms with Crippen LogP contribution in [0.1, 0.15) is 25.7 Å². The first kappa shape index (κ1) is 19.6. The summed E-state index contributed by atoms with van der Waals surface area (Å²) in [4.78, 5) is 33.1. The van der Waals surface area contributed by atoms with Gasteiger partial charge in [0.2, 0.25) is 5.91 Å². The fourth-order valence-corrected chi connectivity index (χ4v) is 4.07. The summed E-state index contributed by atoms with van der Waals surface area (Å²) in [5.74, 6) is 0.432. The maximum atomic E-state index is 12.6. The summed E-state index contributed by atoms with van der Waals surface area (Å²) in [5, 5.41) is 3.07. The molecular formula is C20H25ClN6O2. The number of amides is 3. The van der Waals surface area contributed by atoms with Crippen molar-refractivity contribution in [2.24, 2.45) is 0 Å². The van der Waals surface area contributed by atoms with Crippen molar-refractivity contribution < 1.29 is 9.59 Å². The number of urea groups is 1. The van der Waals surface area contributed by atoms with Crippen molar-refractivity contribution >= 4 is 45.9 Å². The van der Waals surface area contributed by atoms with Crippen molar-refractivity contribution in [3.05, 3.63) is 29.3 Å². The summed E-state index contributed by atoms with van der Waals surface area (Å²) < 4.78 is 0. The number of fused-ring (bicyclic) bond motifs is 1. The van der Waals surface area contributed by atoms with Gasteiger partial charge in [0.05, 0.1) is 5.52 Å². The summed E-state index contributed by atoms with van der Waals surface area (Å²) in [6, 6.07) is 7.24. The molecule has 2 saturated heterocycles. The molecule has 0 unspecified atom stereocenters. The van der Waals surface area contributed by atoms with Gasteiger partial charge in [-0.15, -0.1) is 0 Å². The van der Waals surface area contributed by atoms with E-state index in [-0.39, 0.29) is 11.9 Å². The second-order valence-electron chi connectivity index (χ2n) is 7.47. The van der Waals surface area contributed by atoms with Crippen LogP contribution in [0.5, 0.6) is 0 Å². The lowest BCUT2D eigenvalue weighted by atomic mass is 10.1. The van der Waals surface area contributed by atoms with Gasteiger partial charge in [0.25, 0.3) is 0 Å². The molecule has 0 spiro atoms. The van der Waals surface area contributed by atoms with Crippen molar-refractivity contribution in [1.29, 1.82) is 0 Å². The molecule has 0 bridgehead atoms. The van der Waals surface area contributed by atoms with E-state index in [0.29, 0.717) is 50.0 Å². The highest BCUT2D eigenvalue weighted by atomic mass is 35.5. The van der Waals surface area contributed by atoms with Gasteiger partial charge in [-0.3, -0.25) is 9.80 Å². The summed E-state index contributed by atoms with van der Waals surface area (Å²) >= 11 is 6.09. The van der Waals surface area contributed by atoms with Gasteiger partial charge in [0, 0.05) is 61.3 Å². The van der Waals surface area contributed by atoms with Gasteiger partial charge in [-0.25, -0.2) is 15.2 Å². The molecule has 8 nitrogen and oxygen atoms in total. The Balaban J connectivity index is 1.42. The molecule has 3 heterocycles. The average molecular weight is 417 g/mol. The second-order valence-corrected chi connectivity index (χ2v) is 7.91. The summed E-state index contributed by atoms with van der Waals surface area (Å²) in [6.07, 6.45) is 3.32. The zero-order valence-corrected chi connectivity index (χ0v) is 17.0. The number of hydrogen-bond donors (Lipinski definition) is 2. The molecule has 1 aromatic heterocycles. The van der Waals surface area contributed by atoms with Crippen molar-refractivity contribution in [1.82, 2.24) is 20.3 Å². The zero-order chi connectivity index (χ0) is 20.4. The zero-order valence-electron chi connectivity index (χ0n) is 16.2. The summed E-state index contributed by atoms with van der Waals surface area (Å²) in [7, 11) is 0. The lowest BCUT2D eigenvalue weighted by Gasteiger charge is -2.37. The molecule has 4 rings (SSSR count). The van der Waals surface area contributed by atoms with Crippen molar-refractivity contribution in [2.75, 3.05) is 43.4 Å². The minimum Gasteiger partial charge on any atom is -0.384 e. The number of hydrazine groups is 1. The van der Waals surface area contributed by atoms with Crippen LogP contribution in [0.4, 0.5) is 16.3 Å². The molecule has 154 valence electrons. The third-order valence-corrected chi connectivity index (χ3v) is 5.72. The average Bonchev–Trinajstić information content (AvgIpc) is 2.91. The number of carbonyl (C=O) groups excluding carboxylic acids is 2. The first-order valence-electron chi connectivity index (χ1n) is 9.98.